The molecule has 1 saturated carbocycles. The maximum atomic E-state index is 11.7. The fraction of sp³-hybridized carbons (Fsp3) is 0.895. The minimum Gasteiger partial charge on any atom is -0.458 e. The van der Waals surface area contributed by atoms with E-state index in [4.69, 9.17) is 9.47 Å². The third kappa shape index (κ3) is 3.93. The molecule has 1 aliphatic carbocycles. The number of carbonyl (C=O) groups is 2. The lowest BCUT2D eigenvalue weighted by Gasteiger charge is -2.60. The molecule has 0 amide bonds. The highest BCUT2D eigenvalue weighted by Gasteiger charge is 2.56. The number of nitrogens with zero attached hydrogens (tertiary/aromatic N) is 1. The predicted octanol–water partition coefficient (Wildman–Crippen LogP) is 3.45. The number of rotatable bonds is 3. The number of piperidine rings is 1. The van der Waals surface area contributed by atoms with E-state index < -0.39 is 17.7 Å². The third-order valence-electron chi connectivity index (χ3n) is 5.56. The fourth-order valence-electron chi connectivity index (χ4n) is 5.09. The van der Waals surface area contributed by atoms with Gasteiger partial charge in [0.2, 0.25) is 0 Å². The summed E-state index contributed by atoms with van der Waals surface area (Å²) in [7, 11) is 0. The number of esters is 2. The molecule has 0 radical (unpaired) electrons. The zero-order valence-electron chi connectivity index (χ0n) is 16.1. The van der Waals surface area contributed by atoms with Gasteiger partial charge in [0.05, 0.1) is 5.54 Å². The second-order valence-electron chi connectivity index (χ2n) is 8.51. The summed E-state index contributed by atoms with van der Waals surface area (Å²) >= 11 is 0. The molecule has 24 heavy (non-hydrogen) atoms. The largest absolute Gasteiger partial charge is 0.458 e. The third-order valence-corrected chi connectivity index (χ3v) is 5.56. The number of likely N-dealkylation sites (tertiary alicyclic amines) is 1. The molecular formula is C19H33NO4. The zero-order chi connectivity index (χ0) is 18.1. The van der Waals surface area contributed by atoms with E-state index in [2.05, 4.69) is 32.6 Å². The van der Waals surface area contributed by atoms with E-state index >= 15 is 0 Å². The van der Waals surface area contributed by atoms with E-state index in [0.29, 0.717) is 12.5 Å². The Morgan fingerprint density at radius 2 is 1.46 bits per heavy atom. The van der Waals surface area contributed by atoms with E-state index in [9.17, 15) is 9.59 Å². The molecule has 5 heteroatoms. The average Bonchev–Trinajstić information content (AvgIpc) is 2.42. The molecule has 2 unspecified atom stereocenters. The smallest absolute Gasteiger partial charge is 0.303 e. The van der Waals surface area contributed by atoms with Crippen LogP contribution in [0.4, 0.5) is 0 Å². The van der Waals surface area contributed by atoms with Crippen LogP contribution >= 0.6 is 0 Å². The minimum atomic E-state index is -0.450. The quantitative estimate of drug-likeness (QED) is 0.737. The van der Waals surface area contributed by atoms with Crippen molar-refractivity contribution >= 4 is 11.9 Å². The van der Waals surface area contributed by atoms with Gasteiger partial charge in [-0.2, -0.15) is 0 Å². The average molecular weight is 339 g/mol. The summed E-state index contributed by atoms with van der Waals surface area (Å²) in [6.07, 6.45) is 5.97. The molecule has 0 aromatic carbocycles. The molecular weight excluding hydrogens is 306 g/mol. The van der Waals surface area contributed by atoms with Gasteiger partial charge in [0.25, 0.3) is 0 Å². The van der Waals surface area contributed by atoms with Gasteiger partial charge in [-0.15, -0.1) is 0 Å². The van der Waals surface area contributed by atoms with Gasteiger partial charge in [-0.1, -0.05) is 19.3 Å². The Kier molecular flexibility index (Phi) is 5.63. The van der Waals surface area contributed by atoms with Crippen molar-refractivity contribution in [2.45, 2.75) is 109 Å². The molecule has 5 nitrogen and oxygen atoms in total. The van der Waals surface area contributed by atoms with E-state index in [-0.39, 0.29) is 17.5 Å². The summed E-state index contributed by atoms with van der Waals surface area (Å²) in [4.78, 5) is 25.8. The van der Waals surface area contributed by atoms with Crippen LogP contribution in [0.5, 0.6) is 0 Å². The normalized spacial score (nSPS) is 30.6. The first-order chi connectivity index (χ1) is 11.1. The van der Waals surface area contributed by atoms with Crippen LogP contribution < -0.4 is 0 Å². The highest BCUT2D eigenvalue weighted by Crippen LogP contribution is 2.45. The van der Waals surface area contributed by atoms with Crippen LogP contribution in [0, 0.1) is 0 Å². The molecule has 0 aromatic rings. The Labute approximate surface area is 146 Å². The summed E-state index contributed by atoms with van der Waals surface area (Å²) in [6.45, 7) is 11.5. The molecule has 0 spiro atoms. The highest BCUT2D eigenvalue weighted by atomic mass is 16.6. The van der Waals surface area contributed by atoms with Crippen LogP contribution in [0.2, 0.25) is 0 Å². The molecule has 138 valence electrons. The lowest BCUT2D eigenvalue weighted by molar-refractivity contribution is -0.213. The second kappa shape index (κ2) is 7.03. The van der Waals surface area contributed by atoms with Gasteiger partial charge in [0.15, 0.2) is 6.10 Å². The van der Waals surface area contributed by atoms with Crippen molar-refractivity contribution in [1.82, 2.24) is 4.90 Å². The second-order valence-corrected chi connectivity index (χ2v) is 8.51. The number of hydrogen-bond acceptors (Lipinski definition) is 5. The van der Waals surface area contributed by atoms with E-state index in [0.717, 1.165) is 0 Å². The Morgan fingerprint density at radius 3 is 1.96 bits per heavy atom. The maximum absolute atomic E-state index is 11.7. The van der Waals surface area contributed by atoms with Crippen molar-refractivity contribution in [3.63, 3.8) is 0 Å². The van der Waals surface area contributed by atoms with Crippen LogP contribution in [0.15, 0.2) is 0 Å². The van der Waals surface area contributed by atoms with Gasteiger partial charge in [-0.05, 0) is 40.5 Å². The summed E-state index contributed by atoms with van der Waals surface area (Å²) < 4.78 is 11.2. The summed E-state index contributed by atoms with van der Waals surface area (Å²) in [6, 6.07) is 0.486. The molecule has 0 bridgehead atoms. The Bertz CT molecular complexity index is 480. The Balaban J connectivity index is 2.37. The highest BCUT2D eigenvalue weighted by molar-refractivity contribution is 5.67. The summed E-state index contributed by atoms with van der Waals surface area (Å²) in [5, 5.41) is 0. The van der Waals surface area contributed by atoms with Crippen molar-refractivity contribution < 1.29 is 19.1 Å². The first-order valence-corrected chi connectivity index (χ1v) is 9.19. The van der Waals surface area contributed by atoms with E-state index in [1.165, 1.54) is 46.0 Å². The van der Waals surface area contributed by atoms with Gasteiger partial charge < -0.3 is 9.47 Å². The lowest BCUT2D eigenvalue weighted by Crippen LogP contribution is -2.72. The van der Waals surface area contributed by atoms with Gasteiger partial charge in [0.1, 0.15) is 6.10 Å². The molecule has 2 fully saturated rings. The van der Waals surface area contributed by atoms with Crippen molar-refractivity contribution in [3.8, 4) is 0 Å². The van der Waals surface area contributed by atoms with Crippen LogP contribution in [-0.2, 0) is 19.1 Å². The summed E-state index contributed by atoms with van der Waals surface area (Å²) in [5.41, 5.74) is -0.516. The van der Waals surface area contributed by atoms with Crippen molar-refractivity contribution in [2.75, 3.05) is 0 Å². The van der Waals surface area contributed by atoms with Crippen molar-refractivity contribution in [3.05, 3.63) is 0 Å². The monoisotopic (exact) mass is 339 g/mol. The Hall–Kier alpha value is -1.10. The molecule has 0 aromatic heterocycles. The summed E-state index contributed by atoms with van der Waals surface area (Å²) in [5.74, 6) is -0.650. The molecule has 2 aliphatic rings. The lowest BCUT2D eigenvalue weighted by atomic mass is 9.73. The molecule has 1 aliphatic heterocycles. The molecule has 2 rings (SSSR count). The number of carbonyl (C=O) groups excluding carboxylic acids is 2. The topological polar surface area (TPSA) is 55.8 Å². The van der Waals surface area contributed by atoms with E-state index in [1.807, 2.05) is 0 Å². The van der Waals surface area contributed by atoms with Crippen LogP contribution in [-0.4, -0.2) is 46.2 Å². The SMILES string of the molecule is CC(=O)OC1CC(C)(C)N(C2CCCCC2)C(C)(C)C1OC(C)=O. The zero-order valence-corrected chi connectivity index (χ0v) is 16.1. The molecule has 1 heterocycles. The van der Waals surface area contributed by atoms with Gasteiger partial charge in [-0.25, -0.2) is 0 Å². The first kappa shape index (κ1) is 19.2. The van der Waals surface area contributed by atoms with Crippen molar-refractivity contribution in [1.29, 1.82) is 0 Å². The maximum Gasteiger partial charge on any atom is 0.303 e. The van der Waals surface area contributed by atoms with Gasteiger partial charge in [0, 0.05) is 31.8 Å². The van der Waals surface area contributed by atoms with E-state index in [1.54, 1.807) is 0 Å². The molecule has 0 N–H and O–H groups in total. The van der Waals surface area contributed by atoms with Gasteiger partial charge in [-0.3, -0.25) is 14.5 Å². The van der Waals surface area contributed by atoms with Crippen LogP contribution in [0.1, 0.15) is 80.1 Å². The number of ether oxygens (including phenoxy) is 2. The first-order valence-electron chi connectivity index (χ1n) is 9.19. The fourth-order valence-corrected chi connectivity index (χ4v) is 5.09. The predicted molar refractivity (Wildman–Crippen MR) is 92.6 cm³/mol. The standard InChI is InChI=1S/C19H33NO4/c1-13(21)23-16-12-18(3,4)20(15-10-8-7-9-11-15)19(5,6)17(16)24-14(2)22/h15-17H,7-12H2,1-6H3. The minimum absolute atomic E-state index is 0.123. The van der Waals surface area contributed by atoms with Crippen molar-refractivity contribution in [2.24, 2.45) is 0 Å². The van der Waals surface area contributed by atoms with Crippen LogP contribution in [0.25, 0.3) is 0 Å². The Morgan fingerprint density at radius 1 is 0.917 bits per heavy atom. The molecule has 1 saturated heterocycles. The molecule has 2 atom stereocenters. The number of hydrogen-bond donors (Lipinski definition) is 0. The van der Waals surface area contributed by atoms with Crippen LogP contribution in [0.3, 0.4) is 0 Å². The van der Waals surface area contributed by atoms with Gasteiger partial charge >= 0.3 is 11.9 Å².